The smallest absolute Gasteiger partial charge is 0.326 e. The highest BCUT2D eigenvalue weighted by atomic mass is 16.5. The molecule has 1 saturated heterocycles. The summed E-state index contributed by atoms with van der Waals surface area (Å²) in [4.78, 5) is 22.9. The number of carboxylic acid groups (broad SMARTS) is 1. The molecule has 1 rings (SSSR count). The number of rotatable bonds is 5. The van der Waals surface area contributed by atoms with Crippen LogP contribution in [0.4, 0.5) is 0 Å². The van der Waals surface area contributed by atoms with Crippen LogP contribution < -0.4 is 5.32 Å². The maximum atomic E-state index is 11.8. The van der Waals surface area contributed by atoms with E-state index in [1.54, 1.807) is 6.92 Å². The largest absolute Gasteiger partial charge is 0.480 e. The summed E-state index contributed by atoms with van der Waals surface area (Å²) < 4.78 is 0. The van der Waals surface area contributed by atoms with Crippen LogP contribution in [0, 0.1) is 5.92 Å². The van der Waals surface area contributed by atoms with Gasteiger partial charge in [0.25, 0.3) is 0 Å². The second kappa shape index (κ2) is 5.97. The molecule has 0 bridgehead atoms. The quantitative estimate of drug-likeness (QED) is 0.653. The topological polar surface area (TPSA) is 89.9 Å². The van der Waals surface area contributed by atoms with E-state index in [2.05, 4.69) is 5.32 Å². The van der Waals surface area contributed by atoms with Crippen LogP contribution in [0.25, 0.3) is 0 Å². The number of hydrogen-bond acceptors (Lipinski definition) is 4. The summed E-state index contributed by atoms with van der Waals surface area (Å²) in [6, 6.07) is -1.50. The Hall–Kier alpha value is -1.14. The first-order valence-electron chi connectivity index (χ1n) is 5.96. The summed E-state index contributed by atoms with van der Waals surface area (Å²) in [5.41, 5.74) is 0. The Morgan fingerprint density at radius 1 is 1.53 bits per heavy atom. The highest BCUT2D eigenvalue weighted by Gasteiger charge is 2.33. The van der Waals surface area contributed by atoms with Gasteiger partial charge in [0, 0.05) is 6.54 Å². The second-order valence-electron chi connectivity index (χ2n) is 4.53. The zero-order chi connectivity index (χ0) is 13.0. The summed E-state index contributed by atoms with van der Waals surface area (Å²) in [5.74, 6) is -1.57. The third-order valence-corrected chi connectivity index (χ3v) is 3.30. The van der Waals surface area contributed by atoms with Gasteiger partial charge in [0.2, 0.25) is 5.91 Å². The molecule has 3 N–H and O–H groups in total. The highest BCUT2D eigenvalue weighted by Crippen LogP contribution is 2.16. The predicted octanol–water partition coefficient (Wildman–Crippen LogP) is 0.456. The van der Waals surface area contributed by atoms with Gasteiger partial charge < -0.3 is 15.6 Å². The molecule has 0 spiro atoms. The summed E-state index contributed by atoms with van der Waals surface area (Å²) in [6.07, 6.45) is 1.98. The summed E-state index contributed by atoms with van der Waals surface area (Å²) in [5, 5.41) is 21.9. The van der Waals surface area contributed by atoms with E-state index in [-0.39, 0.29) is 5.92 Å². The Kier molecular flexibility index (Phi) is 4.89. The average molecular weight is 244 g/mol. The Labute approximate surface area is 101 Å². The van der Waals surface area contributed by atoms with Crippen LogP contribution in [0.15, 0.2) is 0 Å². The molecular weight excluding hydrogens is 224 g/mol. The number of carbonyl (C=O) groups excluding carboxylic acids is 1. The lowest BCUT2D eigenvalue weighted by atomic mass is 9.99. The monoisotopic (exact) mass is 244 g/mol. The molecular formula is C11H20N2O4. The standard InChI is InChI=1S/C11H20N2O4/c1-3-7(2)9(11(15)16)12-10(14)8-5-4-6-13(8)17/h7-9,17H,3-6H2,1-2H3,(H,12,14)(H,15,16). The van der Waals surface area contributed by atoms with Gasteiger partial charge in [-0.15, -0.1) is 0 Å². The number of carboxylic acids is 1. The van der Waals surface area contributed by atoms with Crippen molar-refractivity contribution in [2.24, 2.45) is 5.92 Å². The lowest BCUT2D eigenvalue weighted by Crippen LogP contribution is -2.51. The minimum Gasteiger partial charge on any atom is -0.480 e. The predicted molar refractivity (Wildman–Crippen MR) is 60.5 cm³/mol. The van der Waals surface area contributed by atoms with Gasteiger partial charge in [0.1, 0.15) is 12.1 Å². The van der Waals surface area contributed by atoms with Crippen molar-refractivity contribution in [3.05, 3.63) is 0 Å². The van der Waals surface area contributed by atoms with Crippen molar-refractivity contribution in [1.29, 1.82) is 0 Å². The van der Waals surface area contributed by atoms with E-state index in [1.165, 1.54) is 0 Å². The van der Waals surface area contributed by atoms with Gasteiger partial charge >= 0.3 is 5.97 Å². The minimum absolute atomic E-state index is 0.134. The summed E-state index contributed by atoms with van der Waals surface area (Å²) in [6.45, 7) is 4.12. The number of nitrogens with one attached hydrogen (secondary N) is 1. The van der Waals surface area contributed by atoms with Crippen molar-refractivity contribution >= 4 is 11.9 Å². The fourth-order valence-electron chi connectivity index (χ4n) is 1.95. The average Bonchev–Trinajstić information content (AvgIpc) is 2.70. The molecule has 6 nitrogen and oxygen atoms in total. The third kappa shape index (κ3) is 3.41. The van der Waals surface area contributed by atoms with Crippen LogP contribution in [-0.2, 0) is 9.59 Å². The number of carbonyl (C=O) groups is 2. The van der Waals surface area contributed by atoms with E-state index in [1.807, 2.05) is 6.92 Å². The molecule has 1 aliphatic heterocycles. The van der Waals surface area contributed by atoms with Gasteiger partial charge in [-0.1, -0.05) is 20.3 Å². The molecule has 0 aromatic heterocycles. The molecule has 0 aliphatic carbocycles. The van der Waals surface area contributed by atoms with E-state index < -0.39 is 24.0 Å². The van der Waals surface area contributed by atoms with E-state index in [9.17, 15) is 14.8 Å². The summed E-state index contributed by atoms with van der Waals surface area (Å²) >= 11 is 0. The Bertz CT molecular complexity index is 295. The van der Waals surface area contributed by atoms with Gasteiger partial charge in [0.05, 0.1) is 0 Å². The van der Waals surface area contributed by atoms with Crippen molar-refractivity contribution in [3.8, 4) is 0 Å². The Morgan fingerprint density at radius 3 is 2.59 bits per heavy atom. The van der Waals surface area contributed by atoms with Gasteiger partial charge in [-0.2, -0.15) is 5.06 Å². The lowest BCUT2D eigenvalue weighted by Gasteiger charge is -2.23. The molecule has 1 amide bonds. The molecule has 1 aliphatic rings. The van der Waals surface area contributed by atoms with Crippen molar-refractivity contribution in [2.75, 3.05) is 6.54 Å². The van der Waals surface area contributed by atoms with E-state index in [4.69, 9.17) is 5.11 Å². The van der Waals surface area contributed by atoms with Crippen LogP contribution in [0.3, 0.4) is 0 Å². The van der Waals surface area contributed by atoms with E-state index in [0.29, 0.717) is 19.4 Å². The van der Waals surface area contributed by atoms with Gasteiger partial charge in [0.15, 0.2) is 0 Å². The molecule has 3 atom stereocenters. The summed E-state index contributed by atoms with van der Waals surface area (Å²) in [7, 11) is 0. The van der Waals surface area contributed by atoms with Crippen LogP contribution in [0.2, 0.25) is 0 Å². The molecule has 6 heteroatoms. The number of nitrogens with zero attached hydrogens (tertiary/aromatic N) is 1. The number of hydrogen-bond donors (Lipinski definition) is 3. The van der Waals surface area contributed by atoms with E-state index >= 15 is 0 Å². The first kappa shape index (κ1) is 13.9. The van der Waals surface area contributed by atoms with E-state index in [0.717, 1.165) is 11.5 Å². The molecule has 98 valence electrons. The van der Waals surface area contributed by atoms with Crippen molar-refractivity contribution in [1.82, 2.24) is 10.4 Å². The molecule has 17 heavy (non-hydrogen) atoms. The molecule has 0 saturated carbocycles. The van der Waals surface area contributed by atoms with Crippen LogP contribution in [-0.4, -0.2) is 45.9 Å². The Morgan fingerprint density at radius 2 is 2.18 bits per heavy atom. The first-order valence-corrected chi connectivity index (χ1v) is 5.96. The highest BCUT2D eigenvalue weighted by molar-refractivity contribution is 5.87. The van der Waals surface area contributed by atoms with Crippen LogP contribution in [0.5, 0.6) is 0 Å². The number of aliphatic carboxylic acids is 1. The van der Waals surface area contributed by atoms with Gasteiger partial charge in [-0.25, -0.2) is 4.79 Å². The maximum absolute atomic E-state index is 11.8. The molecule has 3 unspecified atom stereocenters. The van der Waals surface area contributed by atoms with Crippen molar-refractivity contribution < 1.29 is 19.9 Å². The number of hydroxylamine groups is 2. The van der Waals surface area contributed by atoms with Crippen molar-refractivity contribution in [2.45, 2.75) is 45.2 Å². The molecule has 1 fully saturated rings. The number of amides is 1. The fourth-order valence-corrected chi connectivity index (χ4v) is 1.95. The normalized spacial score (nSPS) is 24.3. The van der Waals surface area contributed by atoms with Crippen molar-refractivity contribution in [3.63, 3.8) is 0 Å². The van der Waals surface area contributed by atoms with Gasteiger partial charge in [-0.3, -0.25) is 4.79 Å². The second-order valence-corrected chi connectivity index (χ2v) is 4.53. The van der Waals surface area contributed by atoms with Crippen LogP contribution >= 0.6 is 0 Å². The van der Waals surface area contributed by atoms with Crippen LogP contribution in [0.1, 0.15) is 33.1 Å². The zero-order valence-electron chi connectivity index (χ0n) is 10.2. The minimum atomic E-state index is -1.03. The first-order chi connectivity index (χ1) is 7.97. The maximum Gasteiger partial charge on any atom is 0.326 e. The SMILES string of the molecule is CCC(C)C(NC(=O)C1CCCN1O)C(=O)O. The zero-order valence-corrected chi connectivity index (χ0v) is 10.2. The van der Waals surface area contributed by atoms with Gasteiger partial charge in [-0.05, 0) is 18.8 Å². The molecule has 0 radical (unpaired) electrons. The Balaban J connectivity index is 2.61. The molecule has 0 aromatic rings. The third-order valence-electron chi connectivity index (χ3n) is 3.30. The molecule has 0 aromatic carbocycles. The molecule has 1 heterocycles. The fraction of sp³-hybridized carbons (Fsp3) is 0.818. The lowest BCUT2D eigenvalue weighted by molar-refractivity contribution is -0.151.